The summed E-state index contributed by atoms with van der Waals surface area (Å²) < 4.78 is 5.13. The lowest BCUT2D eigenvalue weighted by molar-refractivity contribution is 0.0950. The van der Waals surface area contributed by atoms with Gasteiger partial charge < -0.3 is 15.4 Å². The van der Waals surface area contributed by atoms with Crippen LogP contribution in [0.15, 0.2) is 60.9 Å². The number of rotatable bonds is 6. The van der Waals surface area contributed by atoms with Crippen LogP contribution in [-0.4, -0.2) is 18.0 Å². The summed E-state index contributed by atoms with van der Waals surface area (Å²) in [7, 11) is 1.62. The molecule has 5 nitrogen and oxygen atoms in total. The number of anilines is 2. The normalized spacial score (nSPS) is 10.3. The first-order valence-corrected chi connectivity index (χ1v) is 8.82. The Balaban J connectivity index is 1.66. The number of ether oxygens (including phenoxy) is 1. The molecule has 0 fully saturated rings. The molecule has 3 aromatic rings. The maximum atomic E-state index is 12.4. The van der Waals surface area contributed by atoms with Crippen molar-refractivity contribution in [1.29, 1.82) is 0 Å². The van der Waals surface area contributed by atoms with E-state index in [1.54, 1.807) is 25.6 Å². The lowest BCUT2D eigenvalue weighted by atomic mass is 10.2. The van der Waals surface area contributed by atoms with Gasteiger partial charge in [-0.3, -0.25) is 9.78 Å². The number of nitrogens with zero attached hydrogens (tertiary/aromatic N) is 1. The molecule has 138 valence electrons. The minimum atomic E-state index is -0.190. The van der Waals surface area contributed by atoms with Gasteiger partial charge in [0.05, 0.1) is 24.6 Å². The van der Waals surface area contributed by atoms with Crippen LogP contribution >= 0.6 is 11.6 Å². The van der Waals surface area contributed by atoms with Crippen LogP contribution in [0.4, 0.5) is 11.4 Å². The van der Waals surface area contributed by atoms with Crippen LogP contribution in [0.3, 0.4) is 0 Å². The molecule has 0 aliphatic rings. The number of amides is 1. The Kier molecular flexibility index (Phi) is 5.94. The van der Waals surface area contributed by atoms with Gasteiger partial charge in [-0.25, -0.2) is 0 Å². The third kappa shape index (κ3) is 4.99. The molecule has 6 heteroatoms. The van der Waals surface area contributed by atoms with Crippen molar-refractivity contribution in [2.24, 2.45) is 0 Å². The van der Waals surface area contributed by atoms with Crippen molar-refractivity contribution in [2.75, 3.05) is 12.4 Å². The molecule has 0 radical (unpaired) electrons. The van der Waals surface area contributed by atoms with Gasteiger partial charge in [0, 0.05) is 23.5 Å². The maximum absolute atomic E-state index is 12.4. The smallest absolute Gasteiger partial charge is 0.253 e. The van der Waals surface area contributed by atoms with Crippen LogP contribution in [-0.2, 0) is 6.54 Å². The number of carbonyl (C=O) groups is 1. The fourth-order valence-corrected chi connectivity index (χ4v) is 2.72. The van der Waals surface area contributed by atoms with Crippen LogP contribution in [0.25, 0.3) is 0 Å². The number of hydrogen-bond donors (Lipinski definition) is 2. The molecule has 2 N–H and O–H groups in total. The molecule has 0 spiro atoms. The molecule has 1 heterocycles. The Labute approximate surface area is 163 Å². The second-order valence-electron chi connectivity index (χ2n) is 6.08. The van der Waals surface area contributed by atoms with E-state index in [1.165, 1.54) is 0 Å². The van der Waals surface area contributed by atoms with Gasteiger partial charge in [-0.1, -0.05) is 29.8 Å². The molecule has 27 heavy (non-hydrogen) atoms. The molecule has 2 aromatic carbocycles. The Morgan fingerprint density at radius 1 is 1.11 bits per heavy atom. The lowest BCUT2D eigenvalue weighted by Gasteiger charge is -2.11. The summed E-state index contributed by atoms with van der Waals surface area (Å²) in [5.74, 6) is 0.592. The Hall–Kier alpha value is -3.05. The van der Waals surface area contributed by atoms with Crippen molar-refractivity contribution >= 4 is 28.9 Å². The van der Waals surface area contributed by atoms with E-state index >= 15 is 0 Å². The summed E-state index contributed by atoms with van der Waals surface area (Å²) in [6.07, 6.45) is 3.21. The van der Waals surface area contributed by atoms with Crippen LogP contribution in [0.1, 0.15) is 21.5 Å². The van der Waals surface area contributed by atoms with Crippen molar-refractivity contribution in [2.45, 2.75) is 13.5 Å². The molecule has 0 aliphatic heterocycles. The summed E-state index contributed by atoms with van der Waals surface area (Å²) in [6, 6.07) is 14.9. The summed E-state index contributed by atoms with van der Waals surface area (Å²) in [5, 5.41) is 6.79. The molecule has 0 aliphatic carbocycles. The molecule has 1 aromatic heterocycles. The molecule has 1 amide bonds. The zero-order chi connectivity index (χ0) is 19.2. The van der Waals surface area contributed by atoms with Crippen molar-refractivity contribution in [3.8, 4) is 5.75 Å². The van der Waals surface area contributed by atoms with E-state index in [4.69, 9.17) is 16.3 Å². The van der Waals surface area contributed by atoms with Crippen LogP contribution < -0.4 is 15.4 Å². The topological polar surface area (TPSA) is 63.2 Å². The fourth-order valence-electron chi connectivity index (χ4n) is 2.54. The third-order valence-corrected chi connectivity index (χ3v) is 4.33. The number of aryl methyl sites for hydroxylation is 1. The zero-order valence-electron chi connectivity index (χ0n) is 15.1. The van der Waals surface area contributed by atoms with E-state index in [0.717, 1.165) is 28.3 Å². The average molecular weight is 382 g/mol. The Bertz CT molecular complexity index is 942. The first-order valence-electron chi connectivity index (χ1n) is 8.44. The zero-order valence-corrected chi connectivity index (χ0v) is 15.9. The predicted octanol–water partition coefficient (Wildman–Crippen LogP) is 4.73. The molecule has 3 rings (SSSR count). The van der Waals surface area contributed by atoms with Gasteiger partial charge in [0.1, 0.15) is 5.75 Å². The van der Waals surface area contributed by atoms with Crippen molar-refractivity contribution in [1.82, 2.24) is 10.3 Å². The summed E-state index contributed by atoms with van der Waals surface area (Å²) >= 11 is 6.06. The highest BCUT2D eigenvalue weighted by atomic mass is 35.5. The van der Waals surface area contributed by atoms with E-state index in [9.17, 15) is 4.79 Å². The standard InChI is InChI=1S/C21H20ClN3O2/c1-14-3-6-17(22)10-20(14)25-18-9-16(12-23-13-18)21(26)24-11-15-4-7-19(27-2)8-5-15/h3-10,12-13,25H,11H2,1-2H3,(H,24,26). The number of halogens is 1. The number of benzene rings is 2. The highest BCUT2D eigenvalue weighted by molar-refractivity contribution is 6.30. The molecule has 0 saturated heterocycles. The SMILES string of the molecule is COc1ccc(CNC(=O)c2cncc(Nc3cc(Cl)ccc3C)c2)cc1. The van der Waals surface area contributed by atoms with Gasteiger partial charge in [-0.15, -0.1) is 0 Å². The van der Waals surface area contributed by atoms with Crippen LogP contribution in [0.2, 0.25) is 5.02 Å². The fraction of sp³-hybridized carbons (Fsp3) is 0.143. The lowest BCUT2D eigenvalue weighted by Crippen LogP contribution is -2.23. The predicted molar refractivity (Wildman–Crippen MR) is 108 cm³/mol. The second kappa shape index (κ2) is 8.56. The summed E-state index contributed by atoms with van der Waals surface area (Å²) in [6.45, 7) is 2.41. The maximum Gasteiger partial charge on any atom is 0.253 e. The summed E-state index contributed by atoms with van der Waals surface area (Å²) in [5.41, 5.74) is 4.11. The van der Waals surface area contributed by atoms with Gasteiger partial charge in [-0.05, 0) is 48.4 Å². The van der Waals surface area contributed by atoms with E-state index in [1.807, 2.05) is 49.4 Å². The van der Waals surface area contributed by atoms with E-state index in [2.05, 4.69) is 15.6 Å². The Morgan fingerprint density at radius 3 is 2.63 bits per heavy atom. The molecule has 0 bridgehead atoms. The van der Waals surface area contributed by atoms with E-state index < -0.39 is 0 Å². The quantitative estimate of drug-likeness (QED) is 0.648. The van der Waals surface area contributed by atoms with Crippen molar-refractivity contribution < 1.29 is 9.53 Å². The van der Waals surface area contributed by atoms with Gasteiger partial charge in [0.15, 0.2) is 0 Å². The van der Waals surface area contributed by atoms with Gasteiger partial charge in [-0.2, -0.15) is 0 Å². The highest BCUT2D eigenvalue weighted by Crippen LogP contribution is 2.24. The Morgan fingerprint density at radius 2 is 1.89 bits per heavy atom. The molecule has 0 saturated carbocycles. The first-order chi connectivity index (χ1) is 13.0. The van der Waals surface area contributed by atoms with Crippen LogP contribution in [0.5, 0.6) is 5.75 Å². The molecular formula is C21H20ClN3O2. The monoisotopic (exact) mass is 381 g/mol. The highest BCUT2D eigenvalue weighted by Gasteiger charge is 2.08. The number of nitrogens with one attached hydrogen (secondary N) is 2. The number of hydrogen-bond acceptors (Lipinski definition) is 4. The van der Waals surface area contributed by atoms with E-state index in [-0.39, 0.29) is 5.91 Å². The largest absolute Gasteiger partial charge is 0.497 e. The van der Waals surface area contributed by atoms with Crippen molar-refractivity contribution in [3.05, 3.63) is 82.6 Å². The van der Waals surface area contributed by atoms with E-state index in [0.29, 0.717) is 17.1 Å². The minimum absolute atomic E-state index is 0.190. The van der Waals surface area contributed by atoms with Gasteiger partial charge in [0.25, 0.3) is 5.91 Å². The van der Waals surface area contributed by atoms with Crippen LogP contribution in [0, 0.1) is 6.92 Å². The van der Waals surface area contributed by atoms with Crippen molar-refractivity contribution in [3.63, 3.8) is 0 Å². The summed E-state index contributed by atoms with van der Waals surface area (Å²) in [4.78, 5) is 16.6. The average Bonchev–Trinajstić information content (AvgIpc) is 2.69. The number of pyridine rings is 1. The number of aromatic nitrogens is 1. The molecule has 0 unspecified atom stereocenters. The van der Waals surface area contributed by atoms with Gasteiger partial charge in [0.2, 0.25) is 0 Å². The number of carbonyl (C=O) groups excluding carboxylic acids is 1. The number of methoxy groups -OCH3 is 1. The third-order valence-electron chi connectivity index (χ3n) is 4.09. The minimum Gasteiger partial charge on any atom is -0.497 e. The molecule has 0 atom stereocenters. The second-order valence-corrected chi connectivity index (χ2v) is 6.51. The first kappa shape index (κ1) is 18.7. The molecular weight excluding hydrogens is 362 g/mol. The van der Waals surface area contributed by atoms with Gasteiger partial charge >= 0.3 is 0 Å².